The van der Waals surface area contributed by atoms with Gasteiger partial charge in [0.2, 0.25) is 0 Å². The number of anilines is 1. The number of nitrogens with zero attached hydrogens (tertiary/aromatic N) is 4. The zero-order valence-corrected chi connectivity index (χ0v) is 10.5. The second kappa shape index (κ2) is 4.53. The van der Waals surface area contributed by atoms with Crippen molar-refractivity contribution in [3.63, 3.8) is 0 Å². The molecule has 0 atom stereocenters. The molecule has 0 aliphatic carbocycles. The van der Waals surface area contributed by atoms with E-state index in [-0.39, 0.29) is 0 Å². The zero-order chi connectivity index (χ0) is 13.2. The first-order valence-corrected chi connectivity index (χ1v) is 5.93. The summed E-state index contributed by atoms with van der Waals surface area (Å²) >= 11 is 0. The molecule has 5 heteroatoms. The molecule has 0 unspecified atom stereocenters. The summed E-state index contributed by atoms with van der Waals surface area (Å²) in [6, 6.07) is 16.0. The molecule has 2 aromatic carbocycles. The van der Waals surface area contributed by atoms with E-state index in [2.05, 4.69) is 15.5 Å². The van der Waals surface area contributed by atoms with Crippen LogP contribution in [0.4, 0.5) is 5.69 Å². The summed E-state index contributed by atoms with van der Waals surface area (Å²) in [6.07, 6.45) is 0. The Balaban J connectivity index is 2.14. The van der Waals surface area contributed by atoms with Crippen LogP contribution in [0.15, 0.2) is 48.5 Å². The molecule has 0 radical (unpaired) electrons. The monoisotopic (exact) mass is 251 g/mol. The number of nitrogen functional groups attached to an aromatic ring is 1. The van der Waals surface area contributed by atoms with Gasteiger partial charge in [0.05, 0.1) is 0 Å². The van der Waals surface area contributed by atoms with Crippen LogP contribution in [0.3, 0.4) is 0 Å². The van der Waals surface area contributed by atoms with Crippen molar-refractivity contribution in [1.29, 1.82) is 0 Å². The SMILES string of the molecule is Cn1nnnc1-c1cc(N)cc(-c2ccccc2)c1. The molecule has 19 heavy (non-hydrogen) atoms. The van der Waals surface area contributed by atoms with E-state index in [1.807, 2.05) is 48.5 Å². The fraction of sp³-hybridized carbons (Fsp3) is 0.0714. The Morgan fingerprint density at radius 2 is 1.68 bits per heavy atom. The van der Waals surface area contributed by atoms with Crippen molar-refractivity contribution in [2.24, 2.45) is 7.05 Å². The van der Waals surface area contributed by atoms with Gasteiger partial charge >= 0.3 is 0 Å². The van der Waals surface area contributed by atoms with E-state index >= 15 is 0 Å². The lowest BCUT2D eigenvalue weighted by Gasteiger charge is -2.06. The summed E-state index contributed by atoms with van der Waals surface area (Å²) in [7, 11) is 1.81. The highest BCUT2D eigenvalue weighted by Crippen LogP contribution is 2.27. The molecule has 0 fully saturated rings. The van der Waals surface area contributed by atoms with Gasteiger partial charge in [-0.25, -0.2) is 4.68 Å². The first-order valence-electron chi connectivity index (χ1n) is 5.93. The second-order valence-corrected chi connectivity index (χ2v) is 4.34. The maximum absolute atomic E-state index is 5.98. The minimum atomic E-state index is 0.694. The van der Waals surface area contributed by atoms with Gasteiger partial charge < -0.3 is 5.73 Å². The number of benzene rings is 2. The molecule has 0 bridgehead atoms. The molecule has 0 saturated carbocycles. The maximum Gasteiger partial charge on any atom is 0.181 e. The van der Waals surface area contributed by atoms with Gasteiger partial charge in [-0.15, -0.1) is 5.10 Å². The van der Waals surface area contributed by atoms with Crippen LogP contribution in [0.1, 0.15) is 0 Å². The molecule has 3 aromatic rings. The number of hydrogen-bond donors (Lipinski definition) is 1. The van der Waals surface area contributed by atoms with Crippen LogP contribution in [0.2, 0.25) is 0 Å². The van der Waals surface area contributed by atoms with Crippen LogP contribution >= 0.6 is 0 Å². The fourth-order valence-electron chi connectivity index (χ4n) is 2.05. The molecule has 0 aliphatic heterocycles. The molecular formula is C14H13N5. The van der Waals surface area contributed by atoms with Crippen molar-refractivity contribution >= 4 is 5.69 Å². The molecule has 3 rings (SSSR count). The Hall–Kier alpha value is -2.69. The quantitative estimate of drug-likeness (QED) is 0.708. The number of tetrazole rings is 1. The topological polar surface area (TPSA) is 69.6 Å². The van der Waals surface area contributed by atoms with Crippen molar-refractivity contribution in [2.75, 3.05) is 5.73 Å². The molecular weight excluding hydrogens is 238 g/mol. The third-order valence-corrected chi connectivity index (χ3v) is 2.94. The minimum absolute atomic E-state index is 0.694. The number of hydrogen-bond acceptors (Lipinski definition) is 4. The summed E-state index contributed by atoms with van der Waals surface area (Å²) in [4.78, 5) is 0. The molecule has 0 aliphatic rings. The van der Waals surface area contributed by atoms with Crippen molar-refractivity contribution in [2.45, 2.75) is 0 Å². The normalized spacial score (nSPS) is 10.6. The fourth-order valence-corrected chi connectivity index (χ4v) is 2.05. The van der Waals surface area contributed by atoms with Crippen LogP contribution in [-0.2, 0) is 7.05 Å². The van der Waals surface area contributed by atoms with E-state index in [1.54, 1.807) is 11.7 Å². The predicted octanol–water partition coefficient (Wildman–Crippen LogP) is 2.13. The third-order valence-electron chi connectivity index (χ3n) is 2.94. The smallest absolute Gasteiger partial charge is 0.181 e. The second-order valence-electron chi connectivity index (χ2n) is 4.34. The van der Waals surface area contributed by atoms with E-state index in [0.29, 0.717) is 11.5 Å². The highest BCUT2D eigenvalue weighted by molar-refractivity contribution is 5.74. The van der Waals surface area contributed by atoms with Crippen LogP contribution in [0, 0.1) is 0 Å². The molecule has 1 aromatic heterocycles. The van der Waals surface area contributed by atoms with Gasteiger partial charge in [0, 0.05) is 18.3 Å². The Bertz CT molecular complexity index is 703. The maximum atomic E-state index is 5.98. The molecule has 5 nitrogen and oxygen atoms in total. The average Bonchev–Trinajstić information content (AvgIpc) is 2.85. The summed E-state index contributed by atoms with van der Waals surface area (Å²) in [6.45, 7) is 0. The summed E-state index contributed by atoms with van der Waals surface area (Å²) in [5.74, 6) is 0.699. The van der Waals surface area contributed by atoms with Gasteiger partial charge in [0.15, 0.2) is 5.82 Å². The van der Waals surface area contributed by atoms with Crippen molar-refractivity contribution in [1.82, 2.24) is 20.2 Å². The van der Waals surface area contributed by atoms with Crippen molar-refractivity contribution < 1.29 is 0 Å². The zero-order valence-electron chi connectivity index (χ0n) is 10.5. The Morgan fingerprint density at radius 3 is 2.37 bits per heavy atom. The van der Waals surface area contributed by atoms with Gasteiger partial charge in [0.25, 0.3) is 0 Å². The van der Waals surface area contributed by atoms with Crippen molar-refractivity contribution in [3.05, 3.63) is 48.5 Å². The van der Waals surface area contributed by atoms with E-state index in [0.717, 1.165) is 16.7 Å². The first-order chi connectivity index (χ1) is 9.24. The first kappa shape index (κ1) is 11.4. The van der Waals surface area contributed by atoms with E-state index in [1.165, 1.54) is 0 Å². The van der Waals surface area contributed by atoms with Crippen LogP contribution in [0.5, 0.6) is 0 Å². The molecule has 2 N–H and O–H groups in total. The lowest BCUT2D eigenvalue weighted by Crippen LogP contribution is -1.96. The highest BCUT2D eigenvalue weighted by Gasteiger charge is 2.08. The van der Waals surface area contributed by atoms with Gasteiger partial charge in [-0.3, -0.25) is 0 Å². The third kappa shape index (κ3) is 2.18. The van der Waals surface area contributed by atoms with Crippen LogP contribution in [0.25, 0.3) is 22.5 Å². The van der Waals surface area contributed by atoms with E-state index < -0.39 is 0 Å². The molecule has 94 valence electrons. The van der Waals surface area contributed by atoms with Crippen LogP contribution in [-0.4, -0.2) is 20.2 Å². The van der Waals surface area contributed by atoms with Crippen molar-refractivity contribution in [3.8, 4) is 22.5 Å². The lowest BCUT2D eigenvalue weighted by molar-refractivity contribution is 0.715. The number of aromatic nitrogens is 4. The summed E-state index contributed by atoms with van der Waals surface area (Å²) in [5, 5.41) is 11.5. The lowest BCUT2D eigenvalue weighted by atomic mass is 10.0. The van der Waals surface area contributed by atoms with Gasteiger partial charge in [-0.2, -0.15) is 0 Å². The van der Waals surface area contributed by atoms with Gasteiger partial charge in [0.1, 0.15) is 0 Å². The van der Waals surface area contributed by atoms with E-state index in [4.69, 9.17) is 5.73 Å². The van der Waals surface area contributed by atoms with Gasteiger partial charge in [-0.1, -0.05) is 30.3 Å². The standard InChI is InChI=1S/C14H13N5/c1-19-14(16-17-18-19)12-7-11(8-13(15)9-12)10-5-3-2-4-6-10/h2-9H,15H2,1H3. The predicted molar refractivity (Wildman–Crippen MR) is 74.1 cm³/mol. The molecule has 0 saturated heterocycles. The Labute approximate surface area is 110 Å². The largest absolute Gasteiger partial charge is 0.399 e. The number of nitrogens with two attached hydrogens (primary N) is 1. The van der Waals surface area contributed by atoms with Gasteiger partial charge in [-0.05, 0) is 39.8 Å². The number of aryl methyl sites for hydroxylation is 1. The van der Waals surface area contributed by atoms with Crippen LogP contribution < -0.4 is 5.73 Å². The Morgan fingerprint density at radius 1 is 0.947 bits per heavy atom. The molecule has 0 spiro atoms. The Kier molecular flexibility index (Phi) is 2.72. The number of rotatable bonds is 2. The molecule has 0 amide bonds. The minimum Gasteiger partial charge on any atom is -0.399 e. The van der Waals surface area contributed by atoms with E-state index in [9.17, 15) is 0 Å². The summed E-state index contributed by atoms with van der Waals surface area (Å²) < 4.78 is 1.63. The molecule has 1 heterocycles. The summed E-state index contributed by atoms with van der Waals surface area (Å²) in [5.41, 5.74) is 9.75. The average molecular weight is 251 g/mol. The highest BCUT2D eigenvalue weighted by atomic mass is 15.5.